The highest BCUT2D eigenvalue weighted by molar-refractivity contribution is 8.24. The highest BCUT2D eigenvalue weighted by Gasteiger charge is 2.34. The lowest BCUT2D eigenvalue weighted by molar-refractivity contribution is -0.126. The van der Waals surface area contributed by atoms with Gasteiger partial charge in [0.05, 0.1) is 5.25 Å². The van der Waals surface area contributed by atoms with Crippen molar-refractivity contribution in [3.05, 3.63) is 29.8 Å². The predicted molar refractivity (Wildman–Crippen MR) is 109 cm³/mol. The van der Waals surface area contributed by atoms with E-state index in [0.29, 0.717) is 17.3 Å². The molecule has 0 aromatic heterocycles. The van der Waals surface area contributed by atoms with Gasteiger partial charge in [0.15, 0.2) is 0 Å². The maximum atomic E-state index is 12.1. The van der Waals surface area contributed by atoms with Crippen LogP contribution in [0.4, 0.5) is 5.69 Å². The Morgan fingerprint density at radius 1 is 1.20 bits per heavy atom. The van der Waals surface area contributed by atoms with Gasteiger partial charge in [0.25, 0.3) is 0 Å². The number of carbonyl (C=O) groups excluding carboxylic acids is 2. The highest BCUT2D eigenvalue weighted by atomic mass is 32.2. The zero-order valence-corrected chi connectivity index (χ0v) is 16.5. The number of amides is 2. The first-order valence-electron chi connectivity index (χ1n) is 8.96. The number of nitrogens with zero attached hydrogens (tertiary/aromatic N) is 1. The molecule has 1 fully saturated rings. The van der Waals surface area contributed by atoms with Gasteiger partial charge >= 0.3 is 0 Å². The van der Waals surface area contributed by atoms with Crippen LogP contribution in [0.25, 0.3) is 0 Å². The van der Waals surface area contributed by atoms with Gasteiger partial charge < -0.3 is 5.32 Å². The van der Waals surface area contributed by atoms with Gasteiger partial charge in [0.1, 0.15) is 4.32 Å². The summed E-state index contributed by atoms with van der Waals surface area (Å²) < 4.78 is 0.699. The fraction of sp³-hybridized carbons (Fsp3) is 0.526. The Hall–Kier alpha value is -1.40. The molecule has 1 aromatic rings. The summed E-state index contributed by atoms with van der Waals surface area (Å²) in [7, 11) is 0. The van der Waals surface area contributed by atoms with E-state index in [0.717, 1.165) is 37.8 Å². The van der Waals surface area contributed by atoms with Gasteiger partial charge in [0.2, 0.25) is 11.8 Å². The second-order valence-electron chi connectivity index (χ2n) is 6.18. The number of anilines is 1. The van der Waals surface area contributed by atoms with Gasteiger partial charge in [-0.3, -0.25) is 14.5 Å². The summed E-state index contributed by atoms with van der Waals surface area (Å²) >= 11 is 6.77. The van der Waals surface area contributed by atoms with Gasteiger partial charge in [-0.1, -0.05) is 56.4 Å². The molecule has 1 aliphatic rings. The number of hydrogen-bond acceptors (Lipinski definition) is 4. The summed E-state index contributed by atoms with van der Waals surface area (Å²) in [6, 6.07) is 7.96. The van der Waals surface area contributed by atoms with Gasteiger partial charge in [-0.15, -0.1) is 0 Å². The molecular formula is C19H26N2O2S2. The summed E-state index contributed by atoms with van der Waals surface area (Å²) in [4.78, 5) is 25.8. The van der Waals surface area contributed by atoms with E-state index in [4.69, 9.17) is 12.2 Å². The van der Waals surface area contributed by atoms with Crippen molar-refractivity contribution in [3.8, 4) is 0 Å². The van der Waals surface area contributed by atoms with Crippen LogP contribution in [0.2, 0.25) is 0 Å². The lowest BCUT2D eigenvalue weighted by Gasteiger charge is -2.15. The minimum Gasteiger partial charge on any atom is -0.326 e. The molecule has 0 aliphatic carbocycles. The lowest BCUT2D eigenvalue weighted by Crippen LogP contribution is -2.32. The van der Waals surface area contributed by atoms with Gasteiger partial charge in [-0.25, -0.2) is 0 Å². The van der Waals surface area contributed by atoms with Crippen molar-refractivity contribution < 1.29 is 9.59 Å². The van der Waals surface area contributed by atoms with Crippen molar-refractivity contribution in [2.45, 2.75) is 57.6 Å². The van der Waals surface area contributed by atoms with Crippen LogP contribution < -0.4 is 5.32 Å². The van der Waals surface area contributed by atoms with E-state index < -0.39 is 0 Å². The standard InChI is InChI=1S/C19H26N2O2S2/c1-3-14-9-11-15(12-10-14)20-17(22)8-6-5-7-13-21-18(23)16(4-2)25-19(21)24/h9-12,16H,3-8,13H2,1-2H3,(H,20,22). The molecule has 1 N–H and O–H groups in total. The molecule has 1 saturated heterocycles. The molecule has 1 aromatic carbocycles. The van der Waals surface area contributed by atoms with Gasteiger partial charge in [-0.05, 0) is 43.4 Å². The molecule has 1 heterocycles. The molecule has 1 atom stereocenters. The Labute approximate surface area is 159 Å². The molecule has 25 heavy (non-hydrogen) atoms. The molecule has 0 saturated carbocycles. The van der Waals surface area contributed by atoms with Crippen molar-refractivity contribution in [1.29, 1.82) is 0 Å². The number of nitrogens with one attached hydrogen (secondary N) is 1. The number of unbranched alkanes of at least 4 members (excludes halogenated alkanes) is 2. The summed E-state index contributed by atoms with van der Waals surface area (Å²) in [5.41, 5.74) is 2.11. The van der Waals surface area contributed by atoms with Crippen LogP contribution in [0, 0.1) is 0 Å². The third-order valence-electron chi connectivity index (χ3n) is 4.31. The third kappa shape index (κ3) is 5.82. The van der Waals surface area contributed by atoms with Crippen molar-refractivity contribution >= 4 is 45.8 Å². The fourth-order valence-electron chi connectivity index (χ4n) is 2.74. The van der Waals surface area contributed by atoms with E-state index in [1.54, 1.807) is 4.90 Å². The Balaban J connectivity index is 1.63. The topological polar surface area (TPSA) is 49.4 Å². The Morgan fingerprint density at radius 2 is 1.92 bits per heavy atom. The second kappa shape index (κ2) is 9.92. The van der Waals surface area contributed by atoms with Crippen LogP contribution in [-0.4, -0.2) is 32.8 Å². The molecule has 136 valence electrons. The molecule has 0 bridgehead atoms. The SMILES string of the molecule is CCc1ccc(NC(=O)CCCCCN2C(=O)C(CC)SC2=S)cc1. The van der Waals surface area contributed by atoms with Crippen LogP contribution in [0.3, 0.4) is 0 Å². The first-order valence-corrected chi connectivity index (χ1v) is 10.2. The normalized spacial score (nSPS) is 17.2. The van der Waals surface area contributed by atoms with Gasteiger partial charge in [0, 0.05) is 18.7 Å². The number of rotatable bonds is 9. The smallest absolute Gasteiger partial charge is 0.241 e. The number of benzene rings is 1. The Bertz CT molecular complexity index is 616. The third-order valence-corrected chi connectivity index (χ3v) is 6.06. The number of carbonyl (C=O) groups is 2. The first kappa shape index (κ1) is 19.9. The molecule has 0 radical (unpaired) electrons. The summed E-state index contributed by atoms with van der Waals surface area (Å²) in [5.74, 6) is 0.185. The molecule has 1 aliphatic heterocycles. The van der Waals surface area contributed by atoms with E-state index in [2.05, 4.69) is 12.2 Å². The Morgan fingerprint density at radius 3 is 2.52 bits per heavy atom. The molecule has 6 heteroatoms. The maximum absolute atomic E-state index is 12.1. The number of hydrogen-bond donors (Lipinski definition) is 1. The van der Waals surface area contributed by atoms with Crippen molar-refractivity contribution in [1.82, 2.24) is 4.90 Å². The minimum absolute atomic E-state index is 0.00243. The van der Waals surface area contributed by atoms with Crippen molar-refractivity contribution in [2.75, 3.05) is 11.9 Å². The highest BCUT2D eigenvalue weighted by Crippen LogP contribution is 2.29. The van der Waals surface area contributed by atoms with E-state index in [-0.39, 0.29) is 17.1 Å². The van der Waals surface area contributed by atoms with Crippen molar-refractivity contribution in [3.63, 3.8) is 0 Å². The fourth-order valence-corrected chi connectivity index (χ4v) is 4.21. The summed E-state index contributed by atoms with van der Waals surface area (Å²) in [5, 5.41) is 2.92. The maximum Gasteiger partial charge on any atom is 0.241 e. The van der Waals surface area contributed by atoms with Crippen LogP contribution in [0.15, 0.2) is 24.3 Å². The first-order chi connectivity index (χ1) is 12.0. The average Bonchev–Trinajstić information content (AvgIpc) is 2.89. The number of aryl methyl sites for hydroxylation is 1. The van der Waals surface area contributed by atoms with E-state index in [9.17, 15) is 9.59 Å². The van der Waals surface area contributed by atoms with Crippen LogP contribution in [-0.2, 0) is 16.0 Å². The largest absolute Gasteiger partial charge is 0.326 e. The van der Waals surface area contributed by atoms with Crippen LogP contribution in [0.1, 0.15) is 51.5 Å². The zero-order valence-electron chi connectivity index (χ0n) is 14.9. The van der Waals surface area contributed by atoms with E-state index in [1.807, 2.05) is 31.2 Å². The monoisotopic (exact) mass is 378 g/mol. The zero-order chi connectivity index (χ0) is 18.2. The average molecular weight is 379 g/mol. The molecule has 0 spiro atoms. The van der Waals surface area contributed by atoms with Gasteiger partial charge in [-0.2, -0.15) is 0 Å². The molecular weight excluding hydrogens is 352 g/mol. The lowest BCUT2D eigenvalue weighted by atomic mass is 10.1. The second-order valence-corrected chi connectivity index (χ2v) is 8.02. The van der Waals surface area contributed by atoms with E-state index in [1.165, 1.54) is 17.3 Å². The molecule has 2 amide bonds. The summed E-state index contributed by atoms with van der Waals surface area (Å²) in [6.45, 7) is 4.79. The Kier molecular flexibility index (Phi) is 7.90. The number of thiocarbonyl (C=S) groups is 1. The summed E-state index contributed by atoms with van der Waals surface area (Å²) in [6.07, 6.45) is 4.92. The quantitative estimate of drug-likeness (QED) is 0.511. The van der Waals surface area contributed by atoms with Crippen LogP contribution in [0.5, 0.6) is 0 Å². The minimum atomic E-state index is -0.00243. The molecule has 2 rings (SSSR count). The number of thioether (sulfide) groups is 1. The predicted octanol–water partition coefficient (Wildman–Crippen LogP) is 4.39. The molecule has 4 nitrogen and oxygen atoms in total. The van der Waals surface area contributed by atoms with Crippen LogP contribution >= 0.6 is 24.0 Å². The molecule has 1 unspecified atom stereocenters. The van der Waals surface area contributed by atoms with E-state index >= 15 is 0 Å². The van der Waals surface area contributed by atoms with Crippen molar-refractivity contribution in [2.24, 2.45) is 0 Å².